The molecule has 0 bridgehead atoms. The Hall–Kier alpha value is -0.820. The molecule has 13 heavy (non-hydrogen) atoms. The Kier molecular flexibility index (Phi) is 2.36. The van der Waals surface area contributed by atoms with Gasteiger partial charge in [0.15, 0.2) is 0 Å². The molecule has 0 heterocycles. The average Bonchev–Trinajstić information content (AvgIpc) is 2.17. The van der Waals surface area contributed by atoms with E-state index in [2.05, 4.69) is 25.1 Å². The van der Waals surface area contributed by atoms with Gasteiger partial charge in [-0.3, -0.25) is 0 Å². The summed E-state index contributed by atoms with van der Waals surface area (Å²) in [6, 6.07) is 6.70. The summed E-state index contributed by atoms with van der Waals surface area (Å²) in [5, 5.41) is 0. The van der Waals surface area contributed by atoms with Crippen LogP contribution in [0.15, 0.2) is 18.2 Å². The van der Waals surface area contributed by atoms with Gasteiger partial charge in [-0.1, -0.05) is 23.8 Å². The summed E-state index contributed by atoms with van der Waals surface area (Å²) in [4.78, 5) is 0. The third-order valence-electron chi connectivity index (χ3n) is 2.85. The van der Waals surface area contributed by atoms with Crippen LogP contribution in [0.5, 0.6) is 0 Å². The van der Waals surface area contributed by atoms with Gasteiger partial charge in [0.25, 0.3) is 0 Å². The Morgan fingerprint density at radius 3 is 3.00 bits per heavy atom. The molecule has 1 nitrogen and oxygen atoms in total. The van der Waals surface area contributed by atoms with E-state index >= 15 is 0 Å². The van der Waals surface area contributed by atoms with Crippen LogP contribution >= 0.6 is 0 Å². The van der Waals surface area contributed by atoms with Crippen molar-refractivity contribution in [3.8, 4) is 0 Å². The Balaban J connectivity index is 2.41. The number of aryl methyl sites for hydroxylation is 2. The minimum Gasteiger partial charge on any atom is -0.377 e. The lowest BCUT2D eigenvalue weighted by Crippen LogP contribution is -2.11. The van der Waals surface area contributed by atoms with Gasteiger partial charge in [-0.15, -0.1) is 0 Å². The maximum absolute atomic E-state index is 5.47. The minimum atomic E-state index is 0.337. The molecule has 0 N–H and O–H groups in total. The number of hydrogen-bond donors (Lipinski definition) is 0. The molecule has 0 saturated heterocycles. The molecule has 1 heteroatoms. The Morgan fingerprint density at radius 2 is 2.23 bits per heavy atom. The molecule has 1 aromatic rings. The van der Waals surface area contributed by atoms with Crippen molar-refractivity contribution in [3.63, 3.8) is 0 Å². The number of ether oxygens (including phenoxy) is 1. The van der Waals surface area contributed by atoms with Crippen molar-refractivity contribution in [3.05, 3.63) is 34.9 Å². The fourth-order valence-electron chi connectivity index (χ4n) is 2.12. The van der Waals surface area contributed by atoms with Crippen LogP contribution < -0.4 is 0 Å². The fraction of sp³-hybridized carbons (Fsp3) is 0.500. The second-order valence-electron chi connectivity index (χ2n) is 3.82. The zero-order chi connectivity index (χ0) is 9.26. The van der Waals surface area contributed by atoms with E-state index in [0.717, 1.165) is 0 Å². The summed E-state index contributed by atoms with van der Waals surface area (Å²) in [6.07, 6.45) is 3.99. The van der Waals surface area contributed by atoms with Crippen LogP contribution in [0.4, 0.5) is 0 Å². The SMILES string of the molecule is CO[C@H]1CCCc2ccc(C)cc21. The molecule has 0 radical (unpaired) electrons. The highest BCUT2D eigenvalue weighted by atomic mass is 16.5. The van der Waals surface area contributed by atoms with Crippen LogP contribution in [-0.4, -0.2) is 7.11 Å². The van der Waals surface area contributed by atoms with E-state index in [0.29, 0.717) is 6.10 Å². The third kappa shape index (κ3) is 1.61. The lowest BCUT2D eigenvalue weighted by molar-refractivity contribution is 0.0880. The van der Waals surface area contributed by atoms with E-state index in [4.69, 9.17) is 4.74 Å². The van der Waals surface area contributed by atoms with Crippen LogP contribution in [0.2, 0.25) is 0 Å². The van der Waals surface area contributed by atoms with E-state index in [1.165, 1.54) is 36.0 Å². The van der Waals surface area contributed by atoms with Gasteiger partial charge in [0.2, 0.25) is 0 Å². The van der Waals surface area contributed by atoms with Gasteiger partial charge in [-0.05, 0) is 37.3 Å². The van der Waals surface area contributed by atoms with Crippen molar-refractivity contribution >= 4 is 0 Å². The predicted octanol–water partition coefficient (Wildman–Crippen LogP) is 3.02. The summed E-state index contributed by atoms with van der Waals surface area (Å²) < 4.78 is 5.47. The van der Waals surface area contributed by atoms with Gasteiger partial charge >= 0.3 is 0 Å². The molecule has 1 aliphatic carbocycles. The highest BCUT2D eigenvalue weighted by Crippen LogP contribution is 2.32. The van der Waals surface area contributed by atoms with Crippen molar-refractivity contribution < 1.29 is 4.74 Å². The average molecular weight is 176 g/mol. The van der Waals surface area contributed by atoms with Gasteiger partial charge < -0.3 is 4.74 Å². The molecule has 1 aliphatic rings. The Morgan fingerprint density at radius 1 is 1.38 bits per heavy atom. The molecule has 70 valence electrons. The van der Waals surface area contributed by atoms with Crippen LogP contribution in [-0.2, 0) is 11.2 Å². The Labute approximate surface area is 79.7 Å². The van der Waals surface area contributed by atoms with Gasteiger partial charge in [0.05, 0.1) is 6.10 Å². The lowest BCUT2D eigenvalue weighted by atomic mass is 9.88. The second-order valence-corrected chi connectivity index (χ2v) is 3.82. The van der Waals surface area contributed by atoms with E-state index in [9.17, 15) is 0 Å². The Bertz CT molecular complexity index is 304. The quantitative estimate of drug-likeness (QED) is 0.639. The van der Waals surface area contributed by atoms with Crippen molar-refractivity contribution in [2.45, 2.75) is 32.3 Å². The van der Waals surface area contributed by atoms with Gasteiger partial charge in [-0.25, -0.2) is 0 Å². The number of benzene rings is 1. The molecular formula is C12H16O. The van der Waals surface area contributed by atoms with E-state index < -0.39 is 0 Å². The van der Waals surface area contributed by atoms with E-state index in [-0.39, 0.29) is 0 Å². The standard InChI is InChI=1S/C12H16O/c1-9-6-7-10-4-3-5-12(13-2)11(10)8-9/h6-8,12H,3-5H2,1-2H3/t12-/m0/s1. The molecule has 1 aromatic carbocycles. The molecule has 0 fully saturated rings. The minimum absolute atomic E-state index is 0.337. The molecule has 0 saturated carbocycles. The first kappa shape index (κ1) is 8.76. The summed E-state index contributed by atoms with van der Waals surface area (Å²) >= 11 is 0. The second kappa shape index (κ2) is 3.51. The van der Waals surface area contributed by atoms with Crippen LogP contribution in [0.25, 0.3) is 0 Å². The molecule has 0 amide bonds. The summed E-state index contributed by atoms with van der Waals surface area (Å²) in [6.45, 7) is 2.14. The van der Waals surface area contributed by atoms with Crippen molar-refractivity contribution in [2.75, 3.05) is 7.11 Å². The first-order valence-corrected chi connectivity index (χ1v) is 4.93. The molecule has 0 unspecified atom stereocenters. The fourth-order valence-corrected chi connectivity index (χ4v) is 2.12. The molecule has 0 aliphatic heterocycles. The van der Waals surface area contributed by atoms with Gasteiger partial charge in [-0.2, -0.15) is 0 Å². The summed E-state index contributed by atoms with van der Waals surface area (Å²) in [7, 11) is 1.81. The van der Waals surface area contributed by atoms with Crippen LogP contribution in [0.3, 0.4) is 0 Å². The number of fused-ring (bicyclic) bond motifs is 1. The highest BCUT2D eigenvalue weighted by molar-refractivity contribution is 5.34. The number of rotatable bonds is 1. The third-order valence-corrected chi connectivity index (χ3v) is 2.85. The van der Waals surface area contributed by atoms with Gasteiger partial charge in [0, 0.05) is 7.11 Å². The monoisotopic (exact) mass is 176 g/mol. The zero-order valence-electron chi connectivity index (χ0n) is 8.34. The zero-order valence-corrected chi connectivity index (χ0v) is 8.34. The van der Waals surface area contributed by atoms with E-state index in [1.807, 2.05) is 7.11 Å². The molecule has 0 spiro atoms. The highest BCUT2D eigenvalue weighted by Gasteiger charge is 2.19. The molecule has 1 atom stereocenters. The first-order chi connectivity index (χ1) is 6.31. The first-order valence-electron chi connectivity index (χ1n) is 4.93. The summed E-state index contributed by atoms with van der Waals surface area (Å²) in [5.74, 6) is 0. The van der Waals surface area contributed by atoms with Crippen molar-refractivity contribution in [2.24, 2.45) is 0 Å². The molecule has 0 aromatic heterocycles. The van der Waals surface area contributed by atoms with Gasteiger partial charge in [0.1, 0.15) is 0 Å². The van der Waals surface area contributed by atoms with Crippen molar-refractivity contribution in [1.82, 2.24) is 0 Å². The maximum Gasteiger partial charge on any atom is 0.0824 e. The number of methoxy groups -OCH3 is 1. The lowest BCUT2D eigenvalue weighted by Gasteiger charge is -2.24. The van der Waals surface area contributed by atoms with Crippen LogP contribution in [0.1, 0.15) is 35.6 Å². The topological polar surface area (TPSA) is 9.23 Å². The molecule has 2 rings (SSSR count). The smallest absolute Gasteiger partial charge is 0.0824 e. The largest absolute Gasteiger partial charge is 0.377 e. The van der Waals surface area contributed by atoms with Crippen molar-refractivity contribution in [1.29, 1.82) is 0 Å². The van der Waals surface area contributed by atoms with Crippen LogP contribution in [0, 0.1) is 6.92 Å². The predicted molar refractivity (Wildman–Crippen MR) is 53.9 cm³/mol. The molecular weight excluding hydrogens is 160 g/mol. The van der Waals surface area contributed by atoms with E-state index in [1.54, 1.807) is 0 Å². The maximum atomic E-state index is 5.47. The normalized spacial score (nSPS) is 21.2. The summed E-state index contributed by atoms with van der Waals surface area (Å²) in [5.41, 5.74) is 4.22. The number of hydrogen-bond acceptors (Lipinski definition) is 1.